The van der Waals surface area contributed by atoms with Gasteiger partial charge in [-0.3, -0.25) is 18.5 Å². The van der Waals surface area contributed by atoms with E-state index in [9.17, 15) is 9.59 Å². The van der Waals surface area contributed by atoms with Crippen LogP contribution in [-0.2, 0) is 20.6 Å². The van der Waals surface area contributed by atoms with E-state index in [2.05, 4.69) is 4.98 Å². The molecule has 0 fully saturated rings. The summed E-state index contributed by atoms with van der Waals surface area (Å²) >= 11 is 0. The molecule has 0 saturated heterocycles. The van der Waals surface area contributed by atoms with Gasteiger partial charge in [0.15, 0.2) is 11.2 Å². The first-order chi connectivity index (χ1) is 11.5. The summed E-state index contributed by atoms with van der Waals surface area (Å²) in [4.78, 5) is 29.2. The van der Waals surface area contributed by atoms with Crippen molar-refractivity contribution in [1.82, 2.24) is 18.7 Å². The SMILES string of the molecule is CCCOc1nc2c(c(=O)n(C)c(=O)n2C)n1Cc1ccccc1. The average Bonchev–Trinajstić information content (AvgIpc) is 2.95. The number of hydrogen-bond acceptors (Lipinski definition) is 4. The summed E-state index contributed by atoms with van der Waals surface area (Å²) in [7, 11) is 3.07. The molecule has 0 bridgehead atoms. The lowest BCUT2D eigenvalue weighted by Crippen LogP contribution is -2.37. The van der Waals surface area contributed by atoms with Crippen LogP contribution in [0.25, 0.3) is 11.2 Å². The molecule has 126 valence electrons. The van der Waals surface area contributed by atoms with Crippen molar-refractivity contribution in [3.63, 3.8) is 0 Å². The number of rotatable bonds is 5. The minimum Gasteiger partial charge on any atom is -0.465 e. The lowest BCUT2D eigenvalue weighted by Gasteiger charge is -2.10. The summed E-state index contributed by atoms with van der Waals surface area (Å²) in [6.45, 7) is 2.94. The third kappa shape index (κ3) is 2.62. The number of fused-ring (bicyclic) bond motifs is 1. The zero-order chi connectivity index (χ0) is 17.3. The Labute approximate surface area is 138 Å². The molecule has 0 spiro atoms. The van der Waals surface area contributed by atoms with Gasteiger partial charge in [0.2, 0.25) is 0 Å². The highest BCUT2D eigenvalue weighted by Crippen LogP contribution is 2.19. The number of aromatic nitrogens is 4. The fourth-order valence-corrected chi connectivity index (χ4v) is 2.64. The number of benzene rings is 1. The average molecular weight is 328 g/mol. The normalized spacial score (nSPS) is 11.1. The van der Waals surface area contributed by atoms with Crippen LogP contribution in [0.2, 0.25) is 0 Å². The molecule has 0 aliphatic carbocycles. The van der Waals surface area contributed by atoms with Gasteiger partial charge in [-0.2, -0.15) is 4.98 Å². The Morgan fingerprint density at radius 3 is 2.46 bits per heavy atom. The molecule has 24 heavy (non-hydrogen) atoms. The summed E-state index contributed by atoms with van der Waals surface area (Å²) in [6.07, 6.45) is 0.825. The Balaban J connectivity index is 2.27. The standard InChI is InChI=1S/C17H20N4O3/c1-4-10-24-16-18-14-13(15(22)20(3)17(23)19(14)2)21(16)11-12-8-6-5-7-9-12/h5-9H,4,10-11H2,1-3H3. The Hall–Kier alpha value is -2.83. The topological polar surface area (TPSA) is 71.1 Å². The maximum atomic E-state index is 12.6. The third-order valence-electron chi connectivity index (χ3n) is 3.93. The molecule has 0 N–H and O–H groups in total. The first kappa shape index (κ1) is 16.0. The van der Waals surface area contributed by atoms with Crippen molar-refractivity contribution in [3.05, 3.63) is 56.7 Å². The van der Waals surface area contributed by atoms with Crippen LogP contribution >= 0.6 is 0 Å². The van der Waals surface area contributed by atoms with Gasteiger partial charge >= 0.3 is 5.69 Å². The monoisotopic (exact) mass is 328 g/mol. The summed E-state index contributed by atoms with van der Waals surface area (Å²) in [5.41, 5.74) is 0.954. The van der Waals surface area contributed by atoms with Crippen molar-refractivity contribution in [1.29, 1.82) is 0 Å². The van der Waals surface area contributed by atoms with E-state index < -0.39 is 5.69 Å². The lowest BCUT2D eigenvalue weighted by molar-refractivity contribution is 0.282. The first-order valence-electron chi connectivity index (χ1n) is 7.87. The Kier molecular flexibility index (Phi) is 4.24. The largest absolute Gasteiger partial charge is 0.465 e. The second-order valence-corrected chi connectivity index (χ2v) is 5.69. The highest BCUT2D eigenvalue weighted by molar-refractivity contribution is 5.72. The van der Waals surface area contributed by atoms with Crippen LogP contribution in [0.4, 0.5) is 0 Å². The fraction of sp³-hybridized carbons (Fsp3) is 0.353. The lowest BCUT2D eigenvalue weighted by atomic mass is 10.2. The van der Waals surface area contributed by atoms with E-state index in [0.717, 1.165) is 16.6 Å². The molecule has 0 unspecified atom stereocenters. The molecule has 0 radical (unpaired) electrons. The van der Waals surface area contributed by atoms with Crippen LogP contribution < -0.4 is 16.0 Å². The van der Waals surface area contributed by atoms with Gasteiger partial charge in [0, 0.05) is 14.1 Å². The van der Waals surface area contributed by atoms with E-state index in [0.29, 0.717) is 30.3 Å². The van der Waals surface area contributed by atoms with Crippen molar-refractivity contribution in [2.45, 2.75) is 19.9 Å². The van der Waals surface area contributed by atoms with E-state index in [1.165, 1.54) is 11.6 Å². The number of hydrogen-bond donors (Lipinski definition) is 0. The van der Waals surface area contributed by atoms with E-state index >= 15 is 0 Å². The van der Waals surface area contributed by atoms with Crippen molar-refractivity contribution < 1.29 is 4.74 Å². The molecule has 0 amide bonds. The molecule has 0 atom stereocenters. The second-order valence-electron chi connectivity index (χ2n) is 5.69. The van der Waals surface area contributed by atoms with Crippen molar-refractivity contribution in [3.8, 4) is 6.01 Å². The summed E-state index contributed by atoms with van der Waals surface area (Å²) < 4.78 is 9.92. The molecular formula is C17H20N4O3. The van der Waals surface area contributed by atoms with Gasteiger partial charge in [0.1, 0.15) is 0 Å². The van der Waals surface area contributed by atoms with E-state index in [1.807, 2.05) is 37.3 Å². The summed E-state index contributed by atoms with van der Waals surface area (Å²) in [5, 5.41) is 0. The van der Waals surface area contributed by atoms with Gasteiger partial charge in [-0.1, -0.05) is 37.3 Å². The van der Waals surface area contributed by atoms with Crippen LogP contribution in [0.5, 0.6) is 6.01 Å². The van der Waals surface area contributed by atoms with Gasteiger partial charge in [-0.05, 0) is 12.0 Å². The van der Waals surface area contributed by atoms with Crippen LogP contribution in [0, 0.1) is 0 Å². The van der Waals surface area contributed by atoms with Crippen molar-refractivity contribution in [2.24, 2.45) is 14.1 Å². The quantitative estimate of drug-likeness (QED) is 0.707. The van der Waals surface area contributed by atoms with Gasteiger partial charge in [-0.15, -0.1) is 0 Å². The smallest absolute Gasteiger partial charge is 0.332 e. The molecule has 0 saturated carbocycles. The predicted molar refractivity (Wildman–Crippen MR) is 91.5 cm³/mol. The fourth-order valence-electron chi connectivity index (χ4n) is 2.64. The molecule has 3 rings (SSSR count). The zero-order valence-electron chi connectivity index (χ0n) is 14.0. The minimum atomic E-state index is -0.404. The minimum absolute atomic E-state index is 0.338. The Morgan fingerprint density at radius 1 is 1.08 bits per heavy atom. The van der Waals surface area contributed by atoms with Gasteiger partial charge < -0.3 is 4.74 Å². The molecule has 0 aliphatic heterocycles. The zero-order valence-corrected chi connectivity index (χ0v) is 14.0. The van der Waals surface area contributed by atoms with Crippen molar-refractivity contribution >= 4 is 11.2 Å². The maximum absolute atomic E-state index is 12.6. The molecule has 1 aromatic carbocycles. The molecule has 2 aromatic heterocycles. The molecule has 0 aliphatic rings. The molecule has 7 heteroatoms. The number of ether oxygens (including phenoxy) is 1. The molecule has 3 aromatic rings. The van der Waals surface area contributed by atoms with Crippen molar-refractivity contribution in [2.75, 3.05) is 6.61 Å². The molecule has 7 nitrogen and oxygen atoms in total. The second kappa shape index (κ2) is 6.35. The van der Waals surface area contributed by atoms with Gasteiger partial charge in [0.25, 0.3) is 11.6 Å². The highest BCUT2D eigenvalue weighted by Gasteiger charge is 2.20. The highest BCUT2D eigenvalue weighted by atomic mass is 16.5. The van der Waals surface area contributed by atoms with Gasteiger partial charge in [-0.25, -0.2) is 4.79 Å². The number of nitrogens with zero attached hydrogens (tertiary/aromatic N) is 4. The van der Waals surface area contributed by atoms with Crippen LogP contribution in [0.1, 0.15) is 18.9 Å². The molecule has 2 heterocycles. The summed E-state index contributed by atoms with van der Waals surface area (Å²) in [6, 6.07) is 10.1. The van der Waals surface area contributed by atoms with E-state index in [4.69, 9.17) is 4.74 Å². The third-order valence-corrected chi connectivity index (χ3v) is 3.93. The van der Waals surface area contributed by atoms with Crippen LogP contribution in [-0.4, -0.2) is 25.3 Å². The van der Waals surface area contributed by atoms with E-state index in [-0.39, 0.29) is 5.56 Å². The number of aryl methyl sites for hydroxylation is 1. The summed E-state index contributed by atoms with van der Waals surface area (Å²) in [5.74, 6) is 0. The van der Waals surface area contributed by atoms with E-state index in [1.54, 1.807) is 11.6 Å². The predicted octanol–water partition coefficient (Wildman–Crippen LogP) is 1.27. The molecular weight excluding hydrogens is 308 g/mol. The van der Waals surface area contributed by atoms with Gasteiger partial charge in [0.05, 0.1) is 13.2 Å². The number of imidazole rings is 1. The Bertz CT molecular complexity index is 983. The van der Waals surface area contributed by atoms with Crippen LogP contribution in [0.3, 0.4) is 0 Å². The Morgan fingerprint density at radius 2 is 1.79 bits per heavy atom. The first-order valence-corrected chi connectivity index (χ1v) is 7.87. The van der Waals surface area contributed by atoms with Crippen LogP contribution in [0.15, 0.2) is 39.9 Å². The maximum Gasteiger partial charge on any atom is 0.332 e.